The summed E-state index contributed by atoms with van der Waals surface area (Å²) in [5, 5.41) is 5.86. The molecule has 1 aliphatic rings. The summed E-state index contributed by atoms with van der Waals surface area (Å²) in [7, 11) is -3.78. The van der Waals surface area contributed by atoms with Crippen molar-refractivity contribution >= 4 is 33.2 Å². The SMILES string of the molecule is O=C1CN(S(=O)(=O)c2cccc(NCc3c(F)cccc3Cl)c2)CCN1. The molecule has 0 saturated carbocycles. The molecular weight excluding hydrogens is 381 g/mol. The zero-order valence-corrected chi connectivity index (χ0v) is 15.3. The molecular formula is C17H17ClFN3O3S. The van der Waals surface area contributed by atoms with Crippen LogP contribution < -0.4 is 10.6 Å². The smallest absolute Gasteiger partial charge is 0.243 e. The average molecular weight is 398 g/mol. The van der Waals surface area contributed by atoms with Gasteiger partial charge in [0.2, 0.25) is 15.9 Å². The van der Waals surface area contributed by atoms with Crippen LogP contribution in [-0.2, 0) is 21.4 Å². The summed E-state index contributed by atoms with van der Waals surface area (Å²) in [5.41, 5.74) is 0.807. The Morgan fingerprint density at radius 3 is 2.73 bits per heavy atom. The molecule has 1 saturated heterocycles. The number of benzene rings is 2. The molecule has 0 aromatic heterocycles. The number of hydrogen-bond donors (Lipinski definition) is 2. The predicted molar refractivity (Wildman–Crippen MR) is 96.9 cm³/mol. The number of rotatable bonds is 5. The molecule has 1 aliphatic heterocycles. The van der Waals surface area contributed by atoms with Crippen LogP contribution in [0.4, 0.5) is 10.1 Å². The number of halogens is 2. The van der Waals surface area contributed by atoms with Crippen molar-refractivity contribution in [3.05, 3.63) is 58.9 Å². The maximum atomic E-state index is 13.8. The second kappa shape index (κ2) is 7.61. The lowest BCUT2D eigenvalue weighted by Crippen LogP contribution is -2.49. The molecule has 0 bridgehead atoms. The molecule has 2 aromatic carbocycles. The van der Waals surface area contributed by atoms with Gasteiger partial charge in [0.25, 0.3) is 0 Å². The minimum atomic E-state index is -3.78. The van der Waals surface area contributed by atoms with Gasteiger partial charge in [-0.2, -0.15) is 4.31 Å². The first kappa shape index (κ1) is 18.6. The summed E-state index contributed by atoms with van der Waals surface area (Å²) in [6.45, 7) is 0.407. The molecule has 6 nitrogen and oxygen atoms in total. The highest BCUT2D eigenvalue weighted by atomic mass is 35.5. The van der Waals surface area contributed by atoms with E-state index < -0.39 is 15.8 Å². The van der Waals surface area contributed by atoms with Gasteiger partial charge in [-0.05, 0) is 30.3 Å². The lowest BCUT2D eigenvalue weighted by molar-refractivity contribution is -0.122. The molecule has 1 fully saturated rings. The van der Waals surface area contributed by atoms with E-state index in [1.807, 2.05) is 0 Å². The van der Waals surface area contributed by atoms with Crippen LogP contribution >= 0.6 is 11.6 Å². The molecule has 2 N–H and O–H groups in total. The lowest BCUT2D eigenvalue weighted by Gasteiger charge is -2.26. The molecule has 0 atom stereocenters. The molecule has 2 aromatic rings. The van der Waals surface area contributed by atoms with Gasteiger partial charge in [0.15, 0.2) is 0 Å². The summed E-state index contributed by atoms with van der Waals surface area (Å²) < 4.78 is 40.4. The van der Waals surface area contributed by atoms with Crippen molar-refractivity contribution in [2.75, 3.05) is 25.0 Å². The standard InChI is InChI=1S/C17H17ClFN3O3S/c18-15-5-2-6-16(19)14(15)10-21-12-3-1-4-13(9-12)26(24,25)22-8-7-20-17(23)11-22/h1-6,9,21H,7-8,10-11H2,(H,20,23). The van der Waals surface area contributed by atoms with E-state index in [4.69, 9.17) is 11.6 Å². The Balaban J connectivity index is 1.79. The summed E-state index contributed by atoms with van der Waals surface area (Å²) in [4.78, 5) is 11.5. The van der Waals surface area contributed by atoms with E-state index >= 15 is 0 Å². The van der Waals surface area contributed by atoms with Crippen molar-refractivity contribution in [3.63, 3.8) is 0 Å². The van der Waals surface area contributed by atoms with Gasteiger partial charge in [0, 0.05) is 35.9 Å². The predicted octanol–water partition coefficient (Wildman–Crippen LogP) is 2.21. The third kappa shape index (κ3) is 3.98. The third-order valence-corrected chi connectivity index (χ3v) is 6.20. The number of nitrogens with one attached hydrogen (secondary N) is 2. The monoisotopic (exact) mass is 397 g/mol. The van der Waals surface area contributed by atoms with Gasteiger partial charge < -0.3 is 10.6 Å². The topological polar surface area (TPSA) is 78.5 Å². The maximum absolute atomic E-state index is 13.8. The quantitative estimate of drug-likeness (QED) is 0.810. The van der Waals surface area contributed by atoms with E-state index in [9.17, 15) is 17.6 Å². The Morgan fingerprint density at radius 1 is 1.23 bits per heavy atom. The first-order valence-corrected chi connectivity index (χ1v) is 9.73. The number of hydrogen-bond acceptors (Lipinski definition) is 4. The van der Waals surface area contributed by atoms with E-state index in [0.29, 0.717) is 16.3 Å². The molecule has 0 radical (unpaired) electrons. The van der Waals surface area contributed by atoms with E-state index in [2.05, 4.69) is 10.6 Å². The Morgan fingerprint density at radius 2 is 2.00 bits per heavy atom. The fourth-order valence-electron chi connectivity index (χ4n) is 2.63. The van der Waals surface area contributed by atoms with Crippen molar-refractivity contribution in [1.29, 1.82) is 0 Å². The van der Waals surface area contributed by atoms with Gasteiger partial charge in [-0.25, -0.2) is 12.8 Å². The Labute approximate surface area is 156 Å². The number of sulfonamides is 1. The number of carbonyl (C=O) groups excluding carboxylic acids is 1. The van der Waals surface area contributed by atoms with Crippen LogP contribution in [0.2, 0.25) is 5.02 Å². The van der Waals surface area contributed by atoms with E-state index in [0.717, 1.165) is 4.31 Å². The summed E-state index contributed by atoms with van der Waals surface area (Å²) in [5.74, 6) is -0.767. The van der Waals surface area contributed by atoms with E-state index in [1.165, 1.54) is 24.3 Å². The van der Waals surface area contributed by atoms with E-state index in [1.54, 1.807) is 18.2 Å². The third-order valence-electron chi connectivity index (χ3n) is 4.01. The van der Waals surface area contributed by atoms with Gasteiger partial charge in [-0.3, -0.25) is 4.79 Å². The van der Waals surface area contributed by atoms with Crippen LogP contribution in [0.25, 0.3) is 0 Å². The zero-order valence-electron chi connectivity index (χ0n) is 13.7. The van der Waals surface area contributed by atoms with Crippen LogP contribution in [0.5, 0.6) is 0 Å². The number of nitrogens with zero attached hydrogens (tertiary/aromatic N) is 1. The minimum absolute atomic E-state index is 0.0665. The molecule has 138 valence electrons. The zero-order chi connectivity index (χ0) is 18.7. The van der Waals surface area contributed by atoms with Crippen LogP contribution in [-0.4, -0.2) is 38.3 Å². The fraction of sp³-hybridized carbons (Fsp3) is 0.235. The maximum Gasteiger partial charge on any atom is 0.243 e. The van der Waals surface area contributed by atoms with Crippen molar-refractivity contribution < 1.29 is 17.6 Å². The number of piperazine rings is 1. The number of anilines is 1. The van der Waals surface area contributed by atoms with Crippen LogP contribution in [0, 0.1) is 5.82 Å². The Kier molecular flexibility index (Phi) is 5.45. The first-order chi connectivity index (χ1) is 12.4. The largest absolute Gasteiger partial charge is 0.381 e. The number of carbonyl (C=O) groups is 1. The average Bonchev–Trinajstić information content (AvgIpc) is 2.61. The van der Waals surface area contributed by atoms with Gasteiger partial charge in [-0.15, -0.1) is 0 Å². The van der Waals surface area contributed by atoms with Gasteiger partial charge in [0.1, 0.15) is 5.82 Å². The van der Waals surface area contributed by atoms with Crippen LogP contribution in [0.1, 0.15) is 5.56 Å². The van der Waals surface area contributed by atoms with Gasteiger partial charge in [-0.1, -0.05) is 23.7 Å². The summed E-state index contributed by atoms with van der Waals surface area (Å²) >= 11 is 5.99. The second-order valence-corrected chi connectivity index (χ2v) is 8.12. The Bertz CT molecular complexity index is 916. The molecule has 0 unspecified atom stereocenters. The van der Waals surface area contributed by atoms with Crippen molar-refractivity contribution in [3.8, 4) is 0 Å². The van der Waals surface area contributed by atoms with Crippen LogP contribution in [0.3, 0.4) is 0 Å². The Hall–Kier alpha value is -2.16. The van der Waals surface area contributed by atoms with Crippen molar-refractivity contribution in [2.45, 2.75) is 11.4 Å². The fourth-order valence-corrected chi connectivity index (χ4v) is 4.30. The molecule has 1 heterocycles. The molecule has 9 heteroatoms. The highest BCUT2D eigenvalue weighted by molar-refractivity contribution is 7.89. The first-order valence-electron chi connectivity index (χ1n) is 7.91. The molecule has 1 amide bonds. The molecule has 3 rings (SSSR count). The highest BCUT2D eigenvalue weighted by Crippen LogP contribution is 2.23. The van der Waals surface area contributed by atoms with Gasteiger partial charge >= 0.3 is 0 Å². The molecule has 0 spiro atoms. The number of amides is 1. The van der Waals surface area contributed by atoms with Crippen molar-refractivity contribution in [1.82, 2.24) is 9.62 Å². The second-order valence-electron chi connectivity index (χ2n) is 5.77. The van der Waals surface area contributed by atoms with E-state index in [-0.39, 0.29) is 37.0 Å². The van der Waals surface area contributed by atoms with Gasteiger partial charge in [0.05, 0.1) is 11.4 Å². The molecule has 0 aliphatic carbocycles. The lowest BCUT2D eigenvalue weighted by atomic mass is 10.2. The normalized spacial score (nSPS) is 15.5. The molecule has 26 heavy (non-hydrogen) atoms. The summed E-state index contributed by atoms with van der Waals surface area (Å²) in [6, 6.07) is 10.6. The highest BCUT2D eigenvalue weighted by Gasteiger charge is 2.29. The summed E-state index contributed by atoms with van der Waals surface area (Å²) in [6.07, 6.45) is 0. The van der Waals surface area contributed by atoms with Crippen LogP contribution in [0.15, 0.2) is 47.4 Å². The minimum Gasteiger partial charge on any atom is -0.381 e. The van der Waals surface area contributed by atoms with Crippen molar-refractivity contribution in [2.24, 2.45) is 0 Å².